The zero-order valence-corrected chi connectivity index (χ0v) is 7.59. The van der Waals surface area contributed by atoms with Crippen LogP contribution in [0, 0.1) is 23.7 Å². The molecular formula is C10H19N. The zero-order valence-electron chi connectivity index (χ0n) is 7.59. The van der Waals surface area contributed by atoms with Crippen LogP contribution in [0.25, 0.3) is 0 Å². The van der Waals surface area contributed by atoms with Gasteiger partial charge < -0.3 is 5.73 Å². The molecule has 2 rings (SSSR count). The average Bonchev–Trinajstić information content (AvgIpc) is 2.84. The summed E-state index contributed by atoms with van der Waals surface area (Å²) in [5.74, 6) is 3.88. The highest BCUT2D eigenvalue weighted by atomic mass is 14.8. The van der Waals surface area contributed by atoms with Gasteiger partial charge in [-0.15, -0.1) is 0 Å². The average molecular weight is 153 g/mol. The maximum absolute atomic E-state index is 5.98. The molecular weight excluding hydrogens is 134 g/mol. The summed E-state index contributed by atoms with van der Waals surface area (Å²) in [6, 6.07) is 0.571. The smallest absolute Gasteiger partial charge is 0.0105 e. The second kappa shape index (κ2) is 2.48. The Bertz CT molecular complexity index is 155. The minimum atomic E-state index is 0.571. The van der Waals surface area contributed by atoms with E-state index in [0.29, 0.717) is 6.04 Å². The Labute approximate surface area is 69.4 Å². The SMILES string of the molecule is CCC1CC1C1C(CC)[C@H]1N. The van der Waals surface area contributed by atoms with E-state index in [0.717, 1.165) is 23.7 Å². The Morgan fingerprint density at radius 2 is 2.00 bits per heavy atom. The van der Waals surface area contributed by atoms with Gasteiger partial charge in [0.15, 0.2) is 0 Å². The van der Waals surface area contributed by atoms with Gasteiger partial charge in [0, 0.05) is 6.04 Å². The Morgan fingerprint density at radius 3 is 2.36 bits per heavy atom. The van der Waals surface area contributed by atoms with Gasteiger partial charge in [-0.3, -0.25) is 0 Å². The van der Waals surface area contributed by atoms with Gasteiger partial charge in [-0.05, 0) is 30.1 Å². The molecule has 5 atom stereocenters. The molecule has 0 bridgehead atoms. The Hall–Kier alpha value is -0.0400. The Kier molecular flexibility index (Phi) is 1.71. The van der Waals surface area contributed by atoms with Crippen LogP contribution in [0.1, 0.15) is 33.1 Å². The van der Waals surface area contributed by atoms with E-state index in [-0.39, 0.29) is 0 Å². The molecule has 0 aromatic rings. The van der Waals surface area contributed by atoms with Crippen molar-refractivity contribution in [3.8, 4) is 0 Å². The van der Waals surface area contributed by atoms with Crippen LogP contribution in [0.4, 0.5) is 0 Å². The molecule has 2 aliphatic carbocycles. The first kappa shape index (κ1) is 7.60. The molecule has 64 valence electrons. The lowest BCUT2D eigenvalue weighted by Gasteiger charge is -1.92. The van der Waals surface area contributed by atoms with Crippen LogP contribution in [0.15, 0.2) is 0 Å². The first-order valence-electron chi connectivity index (χ1n) is 5.05. The molecule has 0 radical (unpaired) electrons. The third kappa shape index (κ3) is 1.10. The molecule has 1 nitrogen and oxygen atoms in total. The van der Waals surface area contributed by atoms with Gasteiger partial charge in [-0.2, -0.15) is 0 Å². The van der Waals surface area contributed by atoms with Crippen molar-refractivity contribution in [1.29, 1.82) is 0 Å². The topological polar surface area (TPSA) is 26.0 Å². The molecule has 11 heavy (non-hydrogen) atoms. The number of hydrogen-bond acceptors (Lipinski definition) is 1. The van der Waals surface area contributed by atoms with E-state index in [1.807, 2.05) is 0 Å². The zero-order chi connectivity index (χ0) is 8.01. The third-order valence-electron chi connectivity index (χ3n) is 3.76. The summed E-state index contributed by atoms with van der Waals surface area (Å²) in [7, 11) is 0. The highest BCUT2D eigenvalue weighted by Gasteiger charge is 2.57. The monoisotopic (exact) mass is 153 g/mol. The van der Waals surface area contributed by atoms with Crippen LogP contribution in [0.5, 0.6) is 0 Å². The molecule has 0 saturated heterocycles. The quantitative estimate of drug-likeness (QED) is 0.659. The molecule has 4 unspecified atom stereocenters. The van der Waals surface area contributed by atoms with Crippen LogP contribution in [-0.4, -0.2) is 6.04 Å². The first-order valence-corrected chi connectivity index (χ1v) is 5.05. The molecule has 0 amide bonds. The van der Waals surface area contributed by atoms with Gasteiger partial charge >= 0.3 is 0 Å². The predicted octanol–water partition coefficient (Wildman–Crippen LogP) is 2.02. The molecule has 2 fully saturated rings. The molecule has 0 spiro atoms. The van der Waals surface area contributed by atoms with E-state index in [1.54, 1.807) is 0 Å². The maximum atomic E-state index is 5.98. The van der Waals surface area contributed by atoms with E-state index >= 15 is 0 Å². The third-order valence-corrected chi connectivity index (χ3v) is 3.76. The number of rotatable bonds is 3. The van der Waals surface area contributed by atoms with E-state index in [1.165, 1.54) is 19.3 Å². The van der Waals surface area contributed by atoms with Crippen molar-refractivity contribution in [2.45, 2.75) is 39.2 Å². The second-order valence-corrected chi connectivity index (χ2v) is 4.29. The van der Waals surface area contributed by atoms with E-state index in [9.17, 15) is 0 Å². The van der Waals surface area contributed by atoms with Gasteiger partial charge in [0.1, 0.15) is 0 Å². The Balaban J connectivity index is 1.82. The fourth-order valence-corrected chi connectivity index (χ4v) is 2.79. The highest BCUT2D eigenvalue weighted by molar-refractivity contribution is 5.09. The van der Waals surface area contributed by atoms with Gasteiger partial charge in [-0.25, -0.2) is 0 Å². The van der Waals surface area contributed by atoms with Crippen LogP contribution in [-0.2, 0) is 0 Å². The summed E-state index contributed by atoms with van der Waals surface area (Å²) in [6.45, 7) is 4.58. The number of hydrogen-bond donors (Lipinski definition) is 1. The summed E-state index contributed by atoms with van der Waals surface area (Å²) >= 11 is 0. The summed E-state index contributed by atoms with van der Waals surface area (Å²) < 4.78 is 0. The minimum Gasteiger partial charge on any atom is -0.327 e. The largest absolute Gasteiger partial charge is 0.327 e. The van der Waals surface area contributed by atoms with E-state index in [4.69, 9.17) is 5.73 Å². The normalized spacial score (nSPS) is 54.3. The molecule has 1 heteroatoms. The van der Waals surface area contributed by atoms with Crippen molar-refractivity contribution in [2.75, 3.05) is 0 Å². The first-order chi connectivity index (χ1) is 5.29. The summed E-state index contributed by atoms with van der Waals surface area (Å²) in [6.07, 6.45) is 4.16. The van der Waals surface area contributed by atoms with Crippen LogP contribution >= 0.6 is 0 Å². The molecule has 0 heterocycles. The highest BCUT2D eigenvalue weighted by Crippen LogP contribution is 2.58. The molecule has 0 aromatic heterocycles. The lowest BCUT2D eigenvalue weighted by molar-refractivity contribution is 0.558. The lowest BCUT2D eigenvalue weighted by Crippen LogP contribution is -2.04. The lowest BCUT2D eigenvalue weighted by atomic mass is 10.1. The second-order valence-electron chi connectivity index (χ2n) is 4.29. The number of nitrogens with two attached hydrogens (primary N) is 1. The molecule has 2 saturated carbocycles. The van der Waals surface area contributed by atoms with Crippen molar-refractivity contribution >= 4 is 0 Å². The summed E-state index contributed by atoms with van der Waals surface area (Å²) in [5, 5.41) is 0. The van der Waals surface area contributed by atoms with Crippen molar-refractivity contribution in [2.24, 2.45) is 29.4 Å². The van der Waals surface area contributed by atoms with Gasteiger partial charge in [0.05, 0.1) is 0 Å². The summed E-state index contributed by atoms with van der Waals surface area (Å²) in [4.78, 5) is 0. The van der Waals surface area contributed by atoms with Crippen molar-refractivity contribution in [3.05, 3.63) is 0 Å². The minimum absolute atomic E-state index is 0.571. The van der Waals surface area contributed by atoms with Crippen molar-refractivity contribution < 1.29 is 0 Å². The fourth-order valence-electron chi connectivity index (χ4n) is 2.79. The van der Waals surface area contributed by atoms with Crippen molar-refractivity contribution in [3.63, 3.8) is 0 Å². The van der Waals surface area contributed by atoms with Gasteiger partial charge in [0.2, 0.25) is 0 Å². The standard InChI is InChI=1S/C10H19N/c1-3-6-5-8(6)9-7(4-2)10(9)11/h6-10H,3-5,11H2,1-2H3/t6?,7?,8?,9?,10-/m1/s1. The molecule has 2 N–H and O–H groups in total. The molecule has 0 aromatic carbocycles. The molecule has 0 aliphatic heterocycles. The fraction of sp³-hybridized carbons (Fsp3) is 1.00. The van der Waals surface area contributed by atoms with E-state index in [2.05, 4.69) is 13.8 Å². The predicted molar refractivity (Wildman–Crippen MR) is 47.1 cm³/mol. The van der Waals surface area contributed by atoms with Crippen LogP contribution in [0.3, 0.4) is 0 Å². The van der Waals surface area contributed by atoms with Crippen LogP contribution < -0.4 is 5.73 Å². The molecule has 2 aliphatic rings. The van der Waals surface area contributed by atoms with Crippen LogP contribution in [0.2, 0.25) is 0 Å². The maximum Gasteiger partial charge on any atom is 0.0105 e. The Morgan fingerprint density at radius 1 is 1.27 bits per heavy atom. The van der Waals surface area contributed by atoms with Crippen molar-refractivity contribution in [1.82, 2.24) is 0 Å². The summed E-state index contributed by atoms with van der Waals surface area (Å²) in [5.41, 5.74) is 5.98. The van der Waals surface area contributed by atoms with Gasteiger partial charge in [0.25, 0.3) is 0 Å². The van der Waals surface area contributed by atoms with E-state index < -0.39 is 0 Å². The van der Waals surface area contributed by atoms with Gasteiger partial charge in [-0.1, -0.05) is 26.7 Å².